The smallest absolute Gasteiger partial charge is 0.233 e. The van der Waals surface area contributed by atoms with Crippen LogP contribution in [0.2, 0.25) is 0 Å². The van der Waals surface area contributed by atoms with E-state index < -0.39 is 0 Å². The molecule has 0 saturated carbocycles. The fraction of sp³-hybridized carbons (Fsp3) is 0.391. The largest absolute Gasteiger partial charge is 0.358 e. The highest BCUT2D eigenvalue weighted by Crippen LogP contribution is 2.24. The van der Waals surface area contributed by atoms with Gasteiger partial charge < -0.3 is 10.2 Å². The molecule has 1 N–H and O–H groups in total. The molecule has 29 heavy (non-hydrogen) atoms. The van der Waals surface area contributed by atoms with E-state index in [2.05, 4.69) is 5.32 Å². The number of nitrogens with one attached hydrogen (secondary N) is 1. The minimum atomic E-state index is -0.248. The minimum Gasteiger partial charge on any atom is -0.358 e. The Morgan fingerprint density at radius 1 is 1.14 bits per heavy atom. The van der Waals surface area contributed by atoms with Gasteiger partial charge in [0.15, 0.2) is 0 Å². The Hall–Kier alpha value is -2.73. The second kappa shape index (κ2) is 9.65. The predicted octanol–water partition coefficient (Wildman–Crippen LogP) is 2.56. The quantitative estimate of drug-likeness (QED) is 0.815. The van der Waals surface area contributed by atoms with E-state index in [1.54, 1.807) is 19.2 Å². The van der Waals surface area contributed by atoms with Crippen LogP contribution < -0.4 is 5.32 Å². The highest BCUT2D eigenvalue weighted by molar-refractivity contribution is 5.80. The van der Waals surface area contributed by atoms with Gasteiger partial charge in [-0.3, -0.25) is 14.5 Å². The number of amides is 2. The summed E-state index contributed by atoms with van der Waals surface area (Å²) in [5, 5.41) is 2.65. The van der Waals surface area contributed by atoms with E-state index in [1.807, 2.05) is 47.1 Å². The average molecular weight is 397 g/mol. The molecule has 1 saturated heterocycles. The first kappa shape index (κ1) is 21.0. The maximum atomic E-state index is 14.0. The van der Waals surface area contributed by atoms with Crippen LogP contribution in [-0.4, -0.2) is 61.4 Å². The third-order valence-electron chi connectivity index (χ3n) is 5.47. The normalized spacial score (nSPS) is 17.8. The minimum absolute atomic E-state index is 0.0459. The van der Waals surface area contributed by atoms with Gasteiger partial charge >= 0.3 is 0 Å². The third-order valence-corrected chi connectivity index (χ3v) is 5.47. The zero-order valence-corrected chi connectivity index (χ0v) is 17.0. The standard InChI is InChI=1S/C23H28FN3O2/c1-3-27-13-12-26(16-22(28)25-2)15-19(23(27)29)14-17-8-10-18(11-9-17)20-6-4-5-7-21(20)24/h4-11,19H,3,12-16H2,1-2H3,(H,25,28)/t19-/m1/s1. The number of hydrogen-bond acceptors (Lipinski definition) is 3. The lowest BCUT2D eigenvalue weighted by Crippen LogP contribution is -2.39. The second-order valence-corrected chi connectivity index (χ2v) is 7.40. The van der Waals surface area contributed by atoms with Crippen LogP contribution in [0, 0.1) is 11.7 Å². The first-order valence-electron chi connectivity index (χ1n) is 10.1. The maximum absolute atomic E-state index is 14.0. The summed E-state index contributed by atoms with van der Waals surface area (Å²) in [5.74, 6) is -0.371. The van der Waals surface area contributed by atoms with E-state index in [9.17, 15) is 14.0 Å². The van der Waals surface area contributed by atoms with Crippen molar-refractivity contribution >= 4 is 11.8 Å². The van der Waals surface area contributed by atoms with Crippen LogP contribution in [0.3, 0.4) is 0 Å². The van der Waals surface area contributed by atoms with Gasteiger partial charge in [-0.05, 0) is 30.5 Å². The third kappa shape index (κ3) is 5.21. The molecule has 2 aromatic rings. The molecule has 1 atom stereocenters. The zero-order chi connectivity index (χ0) is 20.8. The monoisotopic (exact) mass is 397 g/mol. The summed E-state index contributed by atoms with van der Waals surface area (Å²) in [7, 11) is 1.62. The molecule has 0 bridgehead atoms. The Balaban J connectivity index is 1.75. The van der Waals surface area contributed by atoms with Gasteiger partial charge in [-0.15, -0.1) is 0 Å². The van der Waals surface area contributed by atoms with Crippen LogP contribution in [0.4, 0.5) is 4.39 Å². The summed E-state index contributed by atoms with van der Waals surface area (Å²) in [6.45, 7) is 4.81. The van der Waals surface area contributed by atoms with E-state index in [-0.39, 0.29) is 23.5 Å². The van der Waals surface area contributed by atoms with E-state index in [0.29, 0.717) is 44.7 Å². The van der Waals surface area contributed by atoms with Crippen molar-refractivity contribution in [3.63, 3.8) is 0 Å². The van der Waals surface area contributed by atoms with Crippen molar-refractivity contribution in [2.75, 3.05) is 39.8 Å². The van der Waals surface area contributed by atoms with Gasteiger partial charge in [-0.2, -0.15) is 0 Å². The van der Waals surface area contributed by atoms with Gasteiger partial charge in [0.05, 0.1) is 12.5 Å². The molecule has 1 aliphatic heterocycles. The molecular weight excluding hydrogens is 369 g/mol. The Labute approximate surface area is 171 Å². The number of hydrogen-bond donors (Lipinski definition) is 1. The molecule has 0 aromatic heterocycles. The molecule has 1 fully saturated rings. The predicted molar refractivity (Wildman–Crippen MR) is 112 cm³/mol. The van der Waals surface area contributed by atoms with Crippen molar-refractivity contribution in [3.05, 3.63) is 59.9 Å². The average Bonchev–Trinajstić information content (AvgIpc) is 2.87. The molecule has 0 unspecified atom stereocenters. The van der Waals surface area contributed by atoms with Crippen molar-refractivity contribution in [2.45, 2.75) is 13.3 Å². The van der Waals surface area contributed by atoms with E-state index >= 15 is 0 Å². The molecule has 1 aliphatic rings. The topological polar surface area (TPSA) is 52.6 Å². The lowest BCUT2D eigenvalue weighted by molar-refractivity contribution is -0.134. The van der Waals surface area contributed by atoms with Gasteiger partial charge in [-0.1, -0.05) is 42.5 Å². The molecule has 5 nitrogen and oxygen atoms in total. The SMILES string of the molecule is CCN1CCN(CC(=O)NC)C[C@@H](Cc2ccc(-c3ccccc3F)cc2)C1=O. The number of carbonyl (C=O) groups is 2. The van der Waals surface area contributed by atoms with Crippen molar-refractivity contribution in [1.29, 1.82) is 0 Å². The maximum Gasteiger partial charge on any atom is 0.233 e. The van der Waals surface area contributed by atoms with Crippen molar-refractivity contribution in [3.8, 4) is 11.1 Å². The lowest BCUT2D eigenvalue weighted by Gasteiger charge is -2.23. The Kier molecular flexibility index (Phi) is 6.99. The highest BCUT2D eigenvalue weighted by atomic mass is 19.1. The van der Waals surface area contributed by atoms with Crippen LogP contribution in [0.15, 0.2) is 48.5 Å². The van der Waals surface area contributed by atoms with Crippen LogP contribution in [-0.2, 0) is 16.0 Å². The van der Waals surface area contributed by atoms with Crippen LogP contribution in [0.1, 0.15) is 12.5 Å². The van der Waals surface area contributed by atoms with Crippen molar-refractivity contribution < 1.29 is 14.0 Å². The first-order valence-corrected chi connectivity index (χ1v) is 10.1. The van der Waals surface area contributed by atoms with Gasteiger partial charge in [0.2, 0.25) is 11.8 Å². The summed E-state index contributed by atoms with van der Waals surface area (Å²) < 4.78 is 14.0. The number of benzene rings is 2. The highest BCUT2D eigenvalue weighted by Gasteiger charge is 2.30. The molecule has 1 heterocycles. The van der Waals surface area contributed by atoms with Crippen molar-refractivity contribution in [1.82, 2.24) is 15.1 Å². The second-order valence-electron chi connectivity index (χ2n) is 7.40. The molecule has 2 aromatic carbocycles. The number of nitrogens with zero attached hydrogens (tertiary/aromatic N) is 2. The molecule has 154 valence electrons. The van der Waals surface area contributed by atoms with Crippen LogP contribution >= 0.6 is 0 Å². The number of halogens is 1. The Morgan fingerprint density at radius 3 is 2.52 bits per heavy atom. The summed E-state index contributed by atoms with van der Waals surface area (Å²) >= 11 is 0. The van der Waals surface area contributed by atoms with Crippen LogP contribution in [0.25, 0.3) is 11.1 Å². The van der Waals surface area contributed by atoms with E-state index in [0.717, 1.165) is 11.1 Å². The molecule has 0 radical (unpaired) electrons. The van der Waals surface area contributed by atoms with Gasteiger partial charge in [0.25, 0.3) is 0 Å². The summed E-state index contributed by atoms with van der Waals surface area (Å²) in [4.78, 5) is 28.7. The molecule has 6 heteroatoms. The Morgan fingerprint density at radius 2 is 1.86 bits per heavy atom. The summed E-state index contributed by atoms with van der Waals surface area (Å²) in [5.41, 5.74) is 2.41. The van der Waals surface area contributed by atoms with Gasteiger partial charge in [0, 0.05) is 38.8 Å². The van der Waals surface area contributed by atoms with Gasteiger partial charge in [0.1, 0.15) is 5.82 Å². The molecule has 3 rings (SSSR count). The fourth-order valence-corrected chi connectivity index (χ4v) is 3.80. The zero-order valence-electron chi connectivity index (χ0n) is 17.0. The molecule has 0 aliphatic carbocycles. The first-order chi connectivity index (χ1) is 14.0. The molecule has 0 spiro atoms. The van der Waals surface area contributed by atoms with Crippen molar-refractivity contribution in [2.24, 2.45) is 5.92 Å². The number of rotatable bonds is 6. The van der Waals surface area contributed by atoms with E-state index in [4.69, 9.17) is 0 Å². The number of likely N-dealkylation sites (N-methyl/N-ethyl adjacent to an activating group) is 2. The fourth-order valence-electron chi connectivity index (χ4n) is 3.80. The molecular formula is C23H28FN3O2. The number of carbonyl (C=O) groups excluding carboxylic acids is 2. The summed E-state index contributed by atoms with van der Waals surface area (Å²) in [6, 6.07) is 14.4. The lowest BCUT2D eigenvalue weighted by atomic mass is 9.95. The van der Waals surface area contributed by atoms with E-state index in [1.165, 1.54) is 6.07 Å². The molecule has 2 amide bonds. The van der Waals surface area contributed by atoms with Gasteiger partial charge in [-0.25, -0.2) is 4.39 Å². The Bertz CT molecular complexity index is 853. The van der Waals surface area contributed by atoms with Crippen LogP contribution in [0.5, 0.6) is 0 Å². The summed E-state index contributed by atoms with van der Waals surface area (Å²) in [6.07, 6.45) is 0.594.